The second kappa shape index (κ2) is 3.46. The van der Waals surface area contributed by atoms with Gasteiger partial charge in [0.2, 0.25) is 0 Å². The number of hydrogen-bond acceptors (Lipinski definition) is 4. The van der Waals surface area contributed by atoms with Gasteiger partial charge in [0.25, 0.3) is 0 Å². The molecule has 1 atom stereocenters. The maximum absolute atomic E-state index is 11.4. The third kappa shape index (κ3) is 1.72. The van der Waals surface area contributed by atoms with E-state index in [0.29, 0.717) is 13.0 Å². The van der Waals surface area contributed by atoms with Crippen LogP contribution in [0.1, 0.15) is 19.8 Å². The van der Waals surface area contributed by atoms with Gasteiger partial charge in [-0.2, -0.15) is 0 Å². The van der Waals surface area contributed by atoms with Crippen LogP contribution in [0.3, 0.4) is 0 Å². The molecule has 0 aromatic rings. The number of rotatable bonds is 1. The molecule has 1 aliphatic rings. The Bertz CT molecular complexity index is 239. The van der Waals surface area contributed by atoms with Gasteiger partial charge in [-0.3, -0.25) is 14.5 Å². The summed E-state index contributed by atoms with van der Waals surface area (Å²) in [7, 11) is 3.18. The summed E-state index contributed by atoms with van der Waals surface area (Å²) in [5.74, 6) is -0.200. The number of likely N-dealkylation sites (tertiary alicyclic amines) is 1. The summed E-state index contributed by atoms with van der Waals surface area (Å²) in [5, 5.41) is 0. The van der Waals surface area contributed by atoms with Crippen molar-refractivity contribution >= 4 is 11.8 Å². The SMILES string of the molecule is COC(=O)C1(C)CC(=O)CCN1C. The standard InChI is InChI=1S/C9H15NO3/c1-9(8(12)13-3)6-7(11)4-5-10(9)2/h4-6H2,1-3H3. The lowest BCUT2D eigenvalue weighted by Crippen LogP contribution is -2.55. The minimum Gasteiger partial charge on any atom is -0.468 e. The molecule has 0 radical (unpaired) electrons. The van der Waals surface area contributed by atoms with Crippen LogP contribution in [0.2, 0.25) is 0 Å². The van der Waals surface area contributed by atoms with Crippen LogP contribution in [0, 0.1) is 0 Å². The Morgan fingerprint density at radius 1 is 1.62 bits per heavy atom. The predicted molar refractivity (Wildman–Crippen MR) is 47.3 cm³/mol. The Balaban J connectivity index is 2.84. The van der Waals surface area contributed by atoms with Gasteiger partial charge in [-0.1, -0.05) is 0 Å². The third-order valence-corrected chi connectivity index (χ3v) is 2.74. The smallest absolute Gasteiger partial charge is 0.326 e. The van der Waals surface area contributed by atoms with Gasteiger partial charge in [-0.25, -0.2) is 0 Å². The zero-order valence-electron chi connectivity index (χ0n) is 8.29. The normalized spacial score (nSPS) is 30.2. The summed E-state index contributed by atoms with van der Waals surface area (Å²) in [6.45, 7) is 2.38. The fraction of sp³-hybridized carbons (Fsp3) is 0.778. The van der Waals surface area contributed by atoms with Crippen molar-refractivity contribution in [2.45, 2.75) is 25.3 Å². The molecule has 1 fully saturated rings. The minimum atomic E-state index is -0.760. The van der Waals surface area contributed by atoms with Crippen LogP contribution in [-0.2, 0) is 14.3 Å². The molecule has 1 rings (SSSR count). The maximum atomic E-state index is 11.4. The summed E-state index contributed by atoms with van der Waals surface area (Å²) in [4.78, 5) is 24.5. The fourth-order valence-electron chi connectivity index (χ4n) is 1.59. The Morgan fingerprint density at radius 3 is 2.77 bits per heavy atom. The molecule has 0 aromatic heterocycles. The molecule has 0 N–H and O–H groups in total. The van der Waals surface area contributed by atoms with Crippen molar-refractivity contribution in [3.63, 3.8) is 0 Å². The highest BCUT2D eigenvalue weighted by Gasteiger charge is 2.43. The van der Waals surface area contributed by atoms with E-state index in [1.165, 1.54) is 7.11 Å². The van der Waals surface area contributed by atoms with Gasteiger partial charge in [-0.05, 0) is 14.0 Å². The van der Waals surface area contributed by atoms with Crippen LogP contribution in [0.4, 0.5) is 0 Å². The molecule has 0 spiro atoms. The fourth-order valence-corrected chi connectivity index (χ4v) is 1.59. The summed E-state index contributed by atoms with van der Waals surface area (Å²) in [5.41, 5.74) is -0.760. The number of Topliss-reactive ketones (excluding diaryl/α,β-unsaturated/α-hetero) is 1. The lowest BCUT2D eigenvalue weighted by atomic mass is 9.88. The highest BCUT2D eigenvalue weighted by atomic mass is 16.5. The second-order valence-electron chi connectivity index (χ2n) is 3.65. The van der Waals surface area contributed by atoms with Crippen LogP contribution in [0.5, 0.6) is 0 Å². The predicted octanol–water partition coefficient (Wildman–Crippen LogP) is 0.213. The number of esters is 1. The van der Waals surface area contributed by atoms with Crippen molar-refractivity contribution in [2.24, 2.45) is 0 Å². The van der Waals surface area contributed by atoms with E-state index >= 15 is 0 Å². The number of ether oxygens (including phenoxy) is 1. The molecule has 1 heterocycles. The first-order valence-electron chi connectivity index (χ1n) is 4.32. The molecule has 4 nitrogen and oxygen atoms in total. The first-order chi connectivity index (χ1) is 6.00. The van der Waals surface area contributed by atoms with Crippen LogP contribution in [-0.4, -0.2) is 42.9 Å². The monoisotopic (exact) mass is 185 g/mol. The van der Waals surface area contributed by atoms with E-state index in [4.69, 9.17) is 0 Å². The molecule has 0 aromatic carbocycles. The molecule has 13 heavy (non-hydrogen) atoms. The highest BCUT2D eigenvalue weighted by molar-refractivity contribution is 5.90. The van der Waals surface area contributed by atoms with E-state index in [9.17, 15) is 9.59 Å². The molecule has 1 aliphatic heterocycles. The molecule has 1 saturated heterocycles. The number of methoxy groups -OCH3 is 1. The van der Waals surface area contributed by atoms with Crippen LogP contribution in [0.25, 0.3) is 0 Å². The third-order valence-electron chi connectivity index (χ3n) is 2.74. The average molecular weight is 185 g/mol. The number of piperidine rings is 1. The lowest BCUT2D eigenvalue weighted by Gasteiger charge is -2.38. The van der Waals surface area contributed by atoms with Gasteiger partial charge in [0.1, 0.15) is 11.3 Å². The number of likely N-dealkylation sites (N-methyl/N-ethyl adjacent to an activating group) is 1. The molecular weight excluding hydrogens is 170 g/mol. The molecule has 0 aliphatic carbocycles. The van der Waals surface area contributed by atoms with E-state index in [-0.39, 0.29) is 18.2 Å². The van der Waals surface area contributed by atoms with Crippen LogP contribution in [0.15, 0.2) is 0 Å². The summed E-state index contributed by atoms with van der Waals surface area (Å²) in [6, 6.07) is 0. The number of ketones is 1. The molecule has 0 amide bonds. The largest absolute Gasteiger partial charge is 0.468 e. The molecule has 74 valence electrons. The van der Waals surface area contributed by atoms with Crippen LogP contribution >= 0.6 is 0 Å². The van der Waals surface area contributed by atoms with Gasteiger partial charge >= 0.3 is 5.97 Å². The Labute approximate surface area is 77.8 Å². The van der Waals surface area contributed by atoms with Crippen molar-refractivity contribution in [1.82, 2.24) is 4.90 Å². The van der Waals surface area contributed by atoms with E-state index in [2.05, 4.69) is 4.74 Å². The molecular formula is C9H15NO3. The lowest BCUT2D eigenvalue weighted by molar-refractivity contribution is -0.158. The number of carbonyl (C=O) groups excluding carboxylic acids is 2. The zero-order valence-corrected chi connectivity index (χ0v) is 8.29. The Hall–Kier alpha value is -0.900. The Kier molecular flexibility index (Phi) is 2.71. The van der Waals surface area contributed by atoms with E-state index in [0.717, 1.165) is 0 Å². The van der Waals surface area contributed by atoms with E-state index in [1.807, 2.05) is 11.9 Å². The first kappa shape index (κ1) is 10.2. The van der Waals surface area contributed by atoms with Gasteiger partial charge < -0.3 is 4.74 Å². The van der Waals surface area contributed by atoms with Crippen molar-refractivity contribution in [1.29, 1.82) is 0 Å². The molecule has 4 heteroatoms. The van der Waals surface area contributed by atoms with Gasteiger partial charge in [0.05, 0.1) is 7.11 Å². The molecule has 0 saturated carbocycles. The molecule has 0 bridgehead atoms. The van der Waals surface area contributed by atoms with Crippen molar-refractivity contribution in [3.8, 4) is 0 Å². The zero-order chi connectivity index (χ0) is 10.1. The van der Waals surface area contributed by atoms with E-state index < -0.39 is 5.54 Å². The highest BCUT2D eigenvalue weighted by Crippen LogP contribution is 2.25. The van der Waals surface area contributed by atoms with Gasteiger partial charge in [-0.15, -0.1) is 0 Å². The number of carbonyl (C=O) groups is 2. The summed E-state index contributed by atoms with van der Waals surface area (Å²) in [6.07, 6.45) is 0.791. The van der Waals surface area contributed by atoms with E-state index in [1.54, 1.807) is 6.92 Å². The topological polar surface area (TPSA) is 46.6 Å². The number of hydrogen-bond donors (Lipinski definition) is 0. The maximum Gasteiger partial charge on any atom is 0.326 e. The van der Waals surface area contributed by atoms with Gasteiger partial charge in [0, 0.05) is 19.4 Å². The van der Waals surface area contributed by atoms with Crippen molar-refractivity contribution in [2.75, 3.05) is 20.7 Å². The van der Waals surface area contributed by atoms with Crippen molar-refractivity contribution in [3.05, 3.63) is 0 Å². The van der Waals surface area contributed by atoms with Gasteiger partial charge in [0.15, 0.2) is 0 Å². The molecule has 1 unspecified atom stereocenters. The first-order valence-corrected chi connectivity index (χ1v) is 4.32. The van der Waals surface area contributed by atoms with Crippen LogP contribution < -0.4 is 0 Å². The number of nitrogens with zero attached hydrogens (tertiary/aromatic N) is 1. The summed E-state index contributed by atoms with van der Waals surface area (Å²) >= 11 is 0. The second-order valence-corrected chi connectivity index (χ2v) is 3.65. The quantitative estimate of drug-likeness (QED) is 0.548. The Morgan fingerprint density at radius 2 is 2.23 bits per heavy atom. The average Bonchev–Trinajstić information content (AvgIpc) is 2.10. The minimum absolute atomic E-state index is 0.131. The van der Waals surface area contributed by atoms with Crippen molar-refractivity contribution < 1.29 is 14.3 Å². The summed E-state index contributed by atoms with van der Waals surface area (Å²) < 4.78 is 4.68.